The van der Waals surface area contributed by atoms with Crippen LogP contribution in [-0.4, -0.2) is 51.9 Å². The van der Waals surface area contributed by atoms with Gasteiger partial charge in [0.05, 0.1) is 22.7 Å². The molecule has 8 nitrogen and oxygen atoms in total. The van der Waals surface area contributed by atoms with Crippen molar-refractivity contribution in [1.82, 2.24) is 10.2 Å². The van der Waals surface area contributed by atoms with Gasteiger partial charge in [-0.2, -0.15) is 0 Å². The van der Waals surface area contributed by atoms with Gasteiger partial charge in [-0.3, -0.25) is 13.9 Å². The van der Waals surface area contributed by atoms with E-state index >= 15 is 0 Å². The summed E-state index contributed by atoms with van der Waals surface area (Å²) in [6, 6.07) is 19.0. The van der Waals surface area contributed by atoms with Gasteiger partial charge in [-0.05, 0) is 55.8 Å². The van der Waals surface area contributed by atoms with E-state index in [-0.39, 0.29) is 28.1 Å². The fourth-order valence-corrected chi connectivity index (χ4v) is 5.44. The molecule has 0 heterocycles. The number of sulfonamides is 1. The van der Waals surface area contributed by atoms with Gasteiger partial charge < -0.3 is 15.0 Å². The van der Waals surface area contributed by atoms with E-state index in [1.807, 2.05) is 6.92 Å². The van der Waals surface area contributed by atoms with Crippen molar-refractivity contribution >= 4 is 39.1 Å². The number of methoxy groups -OCH3 is 1. The first-order valence-corrected chi connectivity index (χ1v) is 13.4. The Labute approximate surface area is 222 Å². The molecule has 0 aliphatic heterocycles. The maximum atomic E-state index is 13.7. The molecule has 10 heteroatoms. The first kappa shape index (κ1) is 28.0. The number of hydrogen-bond donors (Lipinski definition) is 1. The van der Waals surface area contributed by atoms with Gasteiger partial charge in [0.25, 0.3) is 10.0 Å². The predicted molar refractivity (Wildman–Crippen MR) is 144 cm³/mol. The number of benzene rings is 3. The second-order valence-corrected chi connectivity index (χ2v) is 10.7. The second-order valence-electron chi connectivity index (χ2n) is 8.44. The van der Waals surface area contributed by atoms with Crippen molar-refractivity contribution < 1.29 is 22.7 Å². The normalized spacial score (nSPS) is 11.9. The van der Waals surface area contributed by atoms with Gasteiger partial charge in [0.2, 0.25) is 11.8 Å². The van der Waals surface area contributed by atoms with Crippen LogP contribution in [0, 0.1) is 6.92 Å². The standard InChI is InChI=1S/C27H30ClN3O5S/c1-19-9-15-23(16-10-19)37(34,35)31(25-8-6-5-7-24(25)28)18-26(32)30(20(2)27(33)29-3)17-21-11-13-22(36-4)14-12-21/h5-16,20H,17-18H2,1-4H3,(H,29,33)/t20-/m0/s1. The number of nitrogens with zero attached hydrogens (tertiary/aromatic N) is 2. The van der Waals surface area contributed by atoms with Gasteiger partial charge in [0, 0.05) is 13.6 Å². The molecule has 3 aromatic rings. The quantitative estimate of drug-likeness (QED) is 0.417. The van der Waals surface area contributed by atoms with Gasteiger partial charge >= 0.3 is 0 Å². The summed E-state index contributed by atoms with van der Waals surface area (Å²) in [6.45, 7) is 2.97. The van der Waals surface area contributed by atoms with Crippen molar-refractivity contribution in [3.63, 3.8) is 0 Å². The largest absolute Gasteiger partial charge is 0.497 e. The third kappa shape index (κ3) is 6.61. The molecule has 1 N–H and O–H groups in total. The number of para-hydroxylation sites is 1. The molecule has 0 aromatic heterocycles. The Morgan fingerprint density at radius 2 is 1.62 bits per heavy atom. The number of rotatable bonds is 10. The zero-order valence-electron chi connectivity index (χ0n) is 21.1. The molecule has 0 radical (unpaired) electrons. The van der Waals surface area contributed by atoms with E-state index in [2.05, 4.69) is 5.32 Å². The average Bonchev–Trinajstić information content (AvgIpc) is 2.90. The molecule has 2 amide bonds. The maximum Gasteiger partial charge on any atom is 0.264 e. The first-order chi connectivity index (χ1) is 17.6. The molecule has 37 heavy (non-hydrogen) atoms. The topological polar surface area (TPSA) is 96.0 Å². The van der Waals surface area contributed by atoms with Crippen LogP contribution in [0.2, 0.25) is 5.02 Å². The van der Waals surface area contributed by atoms with Crippen molar-refractivity contribution in [1.29, 1.82) is 0 Å². The van der Waals surface area contributed by atoms with Crippen LogP contribution >= 0.6 is 11.6 Å². The van der Waals surface area contributed by atoms with Gasteiger partial charge in [-0.1, -0.05) is 53.6 Å². The van der Waals surface area contributed by atoms with E-state index in [9.17, 15) is 18.0 Å². The maximum absolute atomic E-state index is 13.7. The van der Waals surface area contributed by atoms with E-state index in [4.69, 9.17) is 16.3 Å². The van der Waals surface area contributed by atoms with Crippen molar-refractivity contribution in [2.24, 2.45) is 0 Å². The highest BCUT2D eigenvalue weighted by Crippen LogP contribution is 2.31. The average molecular weight is 544 g/mol. The predicted octanol–water partition coefficient (Wildman–Crippen LogP) is 4.02. The Kier molecular flexibility index (Phi) is 9.18. The number of likely N-dealkylation sites (N-methyl/N-ethyl adjacent to an activating group) is 1. The Balaban J connectivity index is 2.03. The van der Waals surface area contributed by atoms with Crippen molar-refractivity contribution in [2.45, 2.75) is 31.3 Å². The number of halogens is 1. The second kappa shape index (κ2) is 12.1. The zero-order valence-corrected chi connectivity index (χ0v) is 22.7. The number of ether oxygens (including phenoxy) is 1. The Morgan fingerprint density at radius 1 is 1.00 bits per heavy atom. The number of hydrogen-bond acceptors (Lipinski definition) is 5. The molecule has 1 atom stereocenters. The summed E-state index contributed by atoms with van der Waals surface area (Å²) in [6.07, 6.45) is 0. The molecule has 3 rings (SSSR count). The van der Waals surface area contributed by atoms with Gasteiger partial charge in [-0.25, -0.2) is 8.42 Å². The van der Waals surface area contributed by atoms with Crippen LogP contribution in [0.5, 0.6) is 5.75 Å². The van der Waals surface area contributed by atoms with E-state index in [0.29, 0.717) is 5.75 Å². The molecule has 0 aliphatic carbocycles. The molecule has 0 unspecified atom stereocenters. The molecule has 0 saturated heterocycles. The summed E-state index contributed by atoms with van der Waals surface area (Å²) >= 11 is 6.39. The fraction of sp³-hybridized carbons (Fsp3) is 0.259. The minimum Gasteiger partial charge on any atom is -0.497 e. The number of aryl methyl sites for hydroxylation is 1. The van der Waals surface area contributed by atoms with Crippen LogP contribution in [0.4, 0.5) is 5.69 Å². The minimum absolute atomic E-state index is 0.0203. The van der Waals surface area contributed by atoms with Crippen LogP contribution in [0.25, 0.3) is 0 Å². The summed E-state index contributed by atoms with van der Waals surface area (Å²) in [5, 5.41) is 2.73. The summed E-state index contributed by atoms with van der Waals surface area (Å²) < 4.78 is 33.7. The summed E-state index contributed by atoms with van der Waals surface area (Å²) in [7, 11) is -1.14. The molecule has 196 valence electrons. The van der Waals surface area contributed by atoms with Crippen molar-refractivity contribution in [2.75, 3.05) is 25.0 Å². The van der Waals surface area contributed by atoms with Gasteiger partial charge in [0.1, 0.15) is 18.3 Å². The van der Waals surface area contributed by atoms with Crippen molar-refractivity contribution in [3.8, 4) is 5.75 Å². The lowest BCUT2D eigenvalue weighted by Crippen LogP contribution is -2.50. The van der Waals surface area contributed by atoms with Crippen LogP contribution < -0.4 is 14.4 Å². The smallest absolute Gasteiger partial charge is 0.264 e. The number of carbonyl (C=O) groups is 2. The summed E-state index contributed by atoms with van der Waals surface area (Å²) in [5.41, 5.74) is 1.80. The lowest BCUT2D eigenvalue weighted by molar-refractivity contribution is -0.139. The zero-order chi connectivity index (χ0) is 27.2. The van der Waals surface area contributed by atoms with Crippen LogP contribution in [0.1, 0.15) is 18.1 Å². The van der Waals surface area contributed by atoms with Crippen LogP contribution in [0.15, 0.2) is 77.7 Å². The van der Waals surface area contributed by atoms with Crippen molar-refractivity contribution in [3.05, 3.63) is 88.9 Å². The Hall–Kier alpha value is -3.56. The molecular weight excluding hydrogens is 514 g/mol. The number of amides is 2. The molecule has 3 aromatic carbocycles. The van der Waals surface area contributed by atoms with E-state index in [1.165, 1.54) is 30.1 Å². The van der Waals surface area contributed by atoms with Gasteiger partial charge in [0.15, 0.2) is 0 Å². The molecule has 0 bridgehead atoms. The van der Waals surface area contributed by atoms with Gasteiger partial charge in [-0.15, -0.1) is 0 Å². The highest BCUT2D eigenvalue weighted by molar-refractivity contribution is 7.92. The molecule has 0 spiro atoms. The Morgan fingerprint density at radius 3 is 2.19 bits per heavy atom. The van der Waals surface area contributed by atoms with E-state index < -0.39 is 28.5 Å². The van der Waals surface area contributed by atoms with Crippen LogP contribution in [0.3, 0.4) is 0 Å². The number of anilines is 1. The third-order valence-corrected chi connectivity index (χ3v) is 8.03. The molecule has 0 saturated carbocycles. The highest BCUT2D eigenvalue weighted by Gasteiger charge is 2.33. The number of nitrogens with one attached hydrogen (secondary N) is 1. The lowest BCUT2D eigenvalue weighted by atomic mass is 10.1. The molecule has 0 aliphatic rings. The SMILES string of the molecule is CNC(=O)[C@H](C)N(Cc1ccc(OC)cc1)C(=O)CN(c1ccccc1Cl)S(=O)(=O)c1ccc(C)cc1. The Bertz CT molecular complexity index is 1350. The molecule has 0 fully saturated rings. The highest BCUT2D eigenvalue weighted by atomic mass is 35.5. The van der Waals surface area contributed by atoms with Crippen LogP contribution in [-0.2, 0) is 26.2 Å². The molecular formula is C27H30ClN3O5S. The summed E-state index contributed by atoms with van der Waals surface area (Å²) in [4.78, 5) is 27.6. The minimum atomic E-state index is -4.17. The fourth-order valence-electron chi connectivity index (χ4n) is 3.72. The first-order valence-electron chi connectivity index (χ1n) is 11.6. The van der Waals surface area contributed by atoms with E-state index in [1.54, 1.807) is 68.6 Å². The monoisotopic (exact) mass is 543 g/mol. The van der Waals surface area contributed by atoms with E-state index in [0.717, 1.165) is 15.4 Å². The third-order valence-electron chi connectivity index (χ3n) is 5.93. The summed E-state index contributed by atoms with van der Waals surface area (Å²) in [5.74, 6) is -0.301. The number of carbonyl (C=O) groups excluding carboxylic acids is 2. The lowest BCUT2D eigenvalue weighted by Gasteiger charge is -2.32.